The van der Waals surface area contributed by atoms with Gasteiger partial charge in [-0.15, -0.1) is 0 Å². The summed E-state index contributed by atoms with van der Waals surface area (Å²) in [6.07, 6.45) is 12.9. The van der Waals surface area contributed by atoms with Crippen LogP contribution in [0.5, 0.6) is 5.75 Å². The summed E-state index contributed by atoms with van der Waals surface area (Å²) in [6, 6.07) is 10.3. The summed E-state index contributed by atoms with van der Waals surface area (Å²) in [5.41, 5.74) is 2.86. The van der Waals surface area contributed by atoms with E-state index >= 15 is 0 Å². The van der Waals surface area contributed by atoms with Crippen molar-refractivity contribution < 1.29 is 14.3 Å². The Morgan fingerprint density at radius 3 is 2.54 bits per heavy atom. The summed E-state index contributed by atoms with van der Waals surface area (Å²) in [6.45, 7) is 0. The van der Waals surface area contributed by atoms with Crippen molar-refractivity contribution in [2.75, 3.05) is 14.2 Å². The molecule has 1 unspecified atom stereocenters. The minimum atomic E-state index is 0.0612. The molecule has 2 aromatic rings. The molecule has 0 spiro atoms. The fourth-order valence-corrected chi connectivity index (χ4v) is 4.55. The molecule has 0 aliphatic heterocycles. The van der Waals surface area contributed by atoms with E-state index in [4.69, 9.17) is 9.47 Å². The van der Waals surface area contributed by atoms with Crippen LogP contribution in [0.4, 0.5) is 0 Å². The number of hydrogen-bond acceptors (Lipinski definition) is 3. The van der Waals surface area contributed by atoms with E-state index in [9.17, 15) is 4.79 Å². The summed E-state index contributed by atoms with van der Waals surface area (Å²) in [5.74, 6) is 1.41. The molecule has 1 fully saturated rings. The van der Waals surface area contributed by atoms with Crippen molar-refractivity contribution in [1.29, 1.82) is 0 Å². The van der Waals surface area contributed by atoms with E-state index in [-0.39, 0.29) is 11.9 Å². The Hall–Kier alpha value is -2.39. The fourth-order valence-electron chi connectivity index (χ4n) is 4.55. The average molecular weight is 376 g/mol. The fraction of sp³-hybridized carbons (Fsp3) is 0.400. The van der Waals surface area contributed by atoms with Gasteiger partial charge in [0.15, 0.2) is 5.78 Å². The van der Waals surface area contributed by atoms with Crippen LogP contribution in [-0.4, -0.2) is 26.1 Å². The Morgan fingerprint density at radius 1 is 1.04 bits per heavy atom. The highest BCUT2D eigenvalue weighted by Gasteiger charge is 2.25. The molecule has 0 aromatic heterocycles. The van der Waals surface area contributed by atoms with Crippen molar-refractivity contribution in [3.63, 3.8) is 0 Å². The summed E-state index contributed by atoms with van der Waals surface area (Å²) >= 11 is 0. The van der Waals surface area contributed by atoms with Crippen molar-refractivity contribution in [2.24, 2.45) is 0 Å². The highest BCUT2D eigenvalue weighted by Crippen LogP contribution is 2.39. The van der Waals surface area contributed by atoms with Crippen LogP contribution in [0.15, 0.2) is 54.1 Å². The van der Waals surface area contributed by atoms with Gasteiger partial charge >= 0.3 is 0 Å². The predicted molar refractivity (Wildman–Crippen MR) is 113 cm³/mol. The van der Waals surface area contributed by atoms with Crippen molar-refractivity contribution in [1.82, 2.24) is 0 Å². The van der Waals surface area contributed by atoms with Gasteiger partial charge in [-0.25, -0.2) is 0 Å². The van der Waals surface area contributed by atoms with Gasteiger partial charge in [-0.1, -0.05) is 49.6 Å². The standard InChI is InChI=1S/C25H28O3/c1-27-20-11-8-18(9-12-20)25(26)24-22(17-6-4-3-5-7-17)14-10-19-16-21(28-2)13-15-23(19)24/h8-11,13-17,20H,3-7,12H2,1-2H3. The molecule has 146 valence electrons. The van der Waals surface area contributed by atoms with Crippen molar-refractivity contribution in [3.8, 4) is 5.75 Å². The van der Waals surface area contributed by atoms with E-state index in [1.165, 1.54) is 37.7 Å². The monoisotopic (exact) mass is 376 g/mol. The lowest BCUT2D eigenvalue weighted by Gasteiger charge is -2.25. The van der Waals surface area contributed by atoms with E-state index in [1.54, 1.807) is 14.2 Å². The minimum absolute atomic E-state index is 0.0612. The highest BCUT2D eigenvalue weighted by atomic mass is 16.5. The van der Waals surface area contributed by atoms with Crippen LogP contribution >= 0.6 is 0 Å². The number of ketones is 1. The summed E-state index contributed by atoms with van der Waals surface area (Å²) in [7, 11) is 3.38. The van der Waals surface area contributed by atoms with Crippen molar-refractivity contribution >= 4 is 16.6 Å². The van der Waals surface area contributed by atoms with Crippen LogP contribution in [0.2, 0.25) is 0 Å². The largest absolute Gasteiger partial charge is 0.497 e. The van der Waals surface area contributed by atoms with Gasteiger partial charge in [0.2, 0.25) is 0 Å². The zero-order chi connectivity index (χ0) is 19.5. The van der Waals surface area contributed by atoms with Gasteiger partial charge < -0.3 is 9.47 Å². The first-order chi connectivity index (χ1) is 13.7. The number of hydrogen-bond donors (Lipinski definition) is 0. The molecule has 2 aliphatic carbocycles. The minimum Gasteiger partial charge on any atom is -0.497 e. The molecule has 28 heavy (non-hydrogen) atoms. The third-order valence-corrected chi connectivity index (χ3v) is 6.16. The Bertz CT molecular complexity index is 932. The molecule has 0 N–H and O–H groups in total. The number of methoxy groups -OCH3 is 2. The molecule has 3 heteroatoms. The quantitative estimate of drug-likeness (QED) is 0.602. The molecule has 2 aliphatic rings. The molecule has 4 rings (SSSR count). The first kappa shape index (κ1) is 18.9. The second-order valence-corrected chi connectivity index (χ2v) is 7.81. The lowest BCUT2D eigenvalue weighted by atomic mass is 9.79. The highest BCUT2D eigenvalue weighted by molar-refractivity contribution is 6.18. The number of Topliss-reactive ketones (excluding diaryl/α,β-unsaturated/α-hetero) is 1. The third kappa shape index (κ3) is 3.64. The van der Waals surface area contributed by atoms with Crippen molar-refractivity contribution in [3.05, 3.63) is 65.3 Å². The van der Waals surface area contributed by atoms with Crippen molar-refractivity contribution in [2.45, 2.75) is 50.5 Å². The molecule has 3 nitrogen and oxygen atoms in total. The van der Waals surface area contributed by atoms with Crippen LogP contribution in [0.25, 0.3) is 10.8 Å². The van der Waals surface area contributed by atoms with E-state index in [2.05, 4.69) is 12.1 Å². The molecule has 1 saturated carbocycles. The van der Waals surface area contributed by atoms with Gasteiger partial charge in [0.1, 0.15) is 5.75 Å². The van der Waals surface area contributed by atoms with E-state index < -0.39 is 0 Å². The first-order valence-electron chi connectivity index (χ1n) is 10.3. The molecule has 1 atom stereocenters. The normalized spacial score (nSPS) is 20.2. The van der Waals surface area contributed by atoms with Gasteiger partial charge in [-0.2, -0.15) is 0 Å². The second-order valence-electron chi connectivity index (χ2n) is 7.81. The Labute approximate surface area is 167 Å². The predicted octanol–water partition coefficient (Wildman–Crippen LogP) is 5.98. The van der Waals surface area contributed by atoms with Gasteiger partial charge in [0.25, 0.3) is 0 Å². The van der Waals surface area contributed by atoms with E-state index in [0.29, 0.717) is 5.92 Å². The van der Waals surface area contributed by atoms with E-state index in [1.807, 2.05) is 36.4 Å². The van der Waals surface area contributed by atoms with Gasteiger partial charge in [-0.3, -0.25) is 4.79 Å². The average Bonchev–Trinajstić information content (AvgIpc) is 2.78. The zero-order valence-electron chi connectivity index (χ0n) is 16.7. The molecular formula is C25H28O3. The van der Waals surface area contributed by atoms with Gasteiger partial charge in [-0.05, 0) is 59.7 Å². The maximum absolute atomic E-state index is 13.6. The Balaban J connectivity index is 1.82. The van der Waals surface area contributed by atoms with Crippen LogP contribution in [0.1, 0.15) is 60.4 Å². The van der Waals surface area contributed by atoms with E-state index in [0.717, 1.165) is 34.1 Å². The van der Waals surface area contributed by atoms with Gasteiger partial charge in [0.05, 0.1) is 13.2 Å². The zero-order valence-corrected chi connectivity index (χ0v) is 16.7. The molecule has 0 saturated heterocycles. The topological polar surface area (TPSA) is 35.5 Å². The lowest BCUT2D eigenvalue weighted by molar-refractivity contribution is 0.103. The van der Waals surface area contributed by atoms with Crippen LogP contribution in [0.3, 0.4) is 0 Å². The number of fused-ring (bicyclic) bond motifs is 1. The van der Waals surface area contributed by atoms with Gasteiger partial charge in [0, 0.05) is 18.2 Å². The number of rotatable bonds is 5. The van der Waals surface area contributed by atoms with Crippen LogP contribution < -0.4 is 4.74 Å². The maximum Gasteiger partial charge on any atom is 0.193 e. The number of allylic oxidation sites excluding steroid dienone is 2. The summed E-state index contributed by atoms with van der Waals surface area (Å²) in [4.78, 5) is 13.6. The number of carbonyl (C=O) groups is 1. The molecular weight excluding hydrogens is 348 g/mol. The third-order valence-electron chi connectivity index (χ3n) is 6.16. The smallest absolute Gasteiger partial charge is 0.193 e. The molecule has 0 bridgehead atoms. The summed E-state index contributed by atoms with van der Waals surface area (Å²) < 4.78 is 10.8. The number of carbonyl (C=O) groups excluding carboxylic acids is 1. The van der Waals surface area contributed by atoms with Crippen LogP contribution in [0, 0.1) is 0 Å². The maximum atomic E-state index is 13.6. The van der Waals surface area contributed by atoms with Crippen LogP contribution in [-0.2, 0) is 4.74 Å². The SMILES string of the molecule is COc1ccc2c(C(=O)C3=CCC(OC)C=C3)c(C3CCCCC3)ccc2c1. The molecule has 0 radical (unpaired) electrons. The lowest BCUT2D eigenvalue weighted by Crippen LogP contribution is -2.15. The number of ether oxygens (including phenoxy) is 2. The molecule has 2 aromatic carbocycles. The Kier molecular flexibility index (Phi) is 5.63. The molecule has 0 amide bonds. The number of benzene rings is 2. The molecule has 0 heterocycles. The Morgan fingerprint density at radius 2 is 1.86 bits per heavy atom. The second kappa shape index (κ2) is 8.32. The summed E-state index contributed by atoms with van der Waals surface area (Å²) in [5, 5.41) is 2.08. The first-order valence-corrected chi connectivity index (χ1v) is 10.3.